The van der Waals surface area contributed by atoms with Gasteiger partial charge in [0.2, 0.25) is 5.88 Å². The number of imidazole rings is 1. The van der Waals surface area contributed by atoms with E-state index in [1.807, 2.05) is 13.8 Å². The smallest absolute Gasteiger partial charge is 0.333 e. The Morgan fingerprint density at radius 3 is 2.66 bits per heavy atom. The first kappa shape index (κ1) is 18.4. The third kappa shape index (κ3) is 3.35. The first-order valence-electron chi connectivity index (χ1n) is 8.81. The molecule has 0 saturated heterocycles. The highest BCUT2D eigenvalue weighted by Crippen LogP contribution is 2.27. The zero-order chi connectivity index (χ0) is 20.7. The summed E-state index contributed by atoms with van der Waals surface area (Å²) in [5.74, 6) is -0.0702. The van der Waals surface area contributed by atoms with Crippen molar-refractivity contribution >= 4 is 0 Å². The Morgan fingerprint density at radius 1 is 1.17 bits per heavy atom. The van der Waals surface area contributed by atoms with Crippen LogP contribution in [0.2, 0.25) is 0 Å². The van der Waals surface area contributed by atoms with Crippen LogP contribution in [0, 0.1) is 13.8 Å². The van der Waals surface area contributed by atoms with E-state index < -0.39 is 5.69 Å². The van der Waals surface area contributed by atoms with Crippen LogP contribution in [0.5, 0.6) is 17.4 Å². The fraction of sp³-hybridized carbons (Fsp3) is 0.211. The average molecular weight is 397 g/mol. The lowest BCUT2D eigenvalue weighted by molar-refractivity contribution is 0.391. The number of aryl methyl sites for hydroxylation is 2. The third-order valence-electron chi connectivity index (χ3n) is 4.74. The number of benzene rings is 1. The molecule has 3 heterocycles. The van der Waals surface area contributed by atoms with Crippen LogP contribution >= 0.6 is 0 Å². The summed E-state index contributed by atoms with van der Waals surface area (Å²) in [5.41, 5.74) is 2.43. The molecule has 150 valence electrons. The van der Waals surface area contributed by atoms with Gasteiger partial charge in [0.25, 0.3) is 0 Å². The van der Waals surface area contributed by atoms with E-state index in [2.05, 4.69) is 15.2 Å². The molecule has 0 aliphatic heterocycles. The second kappa shape index (κ2) is 6.89. The number of hydrogen-bond donors (Lipinski definition) is 4. The highest BCUT2D eigenvalue weighted by molar-refractivity contribution is 5.43. The summed E-state index contributed by atoms with van der Waals surface area (Å²) in [4.78, 5) is 15.0. The summed E-state index contributed by atoms with van der Waals surface area (Å²) in [6.07, 6.45) is 3.27. The fourth-order valence-corrected chi connectivity index (χ4v) is 3.16. The molecular weight excluding hydrogens is 378 g/mol. The number of nitrogens with one attached hydrogen (secondary N) is 1. The van der Waals surface area contributed by atoms with E-state index in [1.54, 1.807) is 16.9 Å². The van der Waals surface area contributed by atoms with Crippen molar-refractivity contribution in [3.05, 3.63) is 69.4 Å². The number of aromatic hydroxyl groups is 3. The van der Waals surface area contributed by atoms with Crippen LogP contribution in [-0.4, -0.2) is 39.8 Å². The van der Waals surface area contributed by atoms with Gasteiger partial charge in [-0.15, -0.1) is 0 Å². The lowest BCUT2D eigenvalue weighted by atomic mass is 10.1. The molecule has 0 fully saturated rings. The summed E-state index contributed by atoms with van der Waals surface area (Å²) >= 11 is 0. The van der Waals surface area contributed by atoms with Gasteiger partial charge < -0.3 is 24.8 Å². The maximum atomic E-state index is 12.4. The predicted molar refractivity (Wildman–Crippen MR) is 101 cm³/mol. The average Bonchev–Trinajstić information content (AvgIpc) is 3.33. The second-order valence-corrected chi connectivity index (χ2v) is 6.77. The third-order valence-corrected chi connectivity index (χ3v) is 4.74. The van der Waals surface area contributed by atoms with E-state index in [0.717, 1.165) is 15.8 Å². The number of aromatic nitrogens is 5. The molecule has 10 nitrogen and oxygen atoms in total. The maximum Gasteiger partial charge on any atom is 0.333 e. The van der Waals surface area contributed by atoms with Crippen LogP contribution in [0.3, 0.4) is 0 Å². The van der Waals surface area contributed by atoms with Crippen molar-refractivity contribution in [2.45, 2.75) is 26.8 Å². The van der Waals surface area contributed by atoms with E-state index in [4.69, 9.17) is 4.52 Å². The van der Waals surface area contributed by atoms with Gasteiger partial charge in [-0.2, -0.15) is 5.10 Å². The van der Waals surface area contributed by atoms with Gasteiger partial charge >= 0.3 is 5.69 Å². The molecule has 0 spiro atoms. The number of aromatic amines is 1. The Hall–Kier alpha value is -3.95. The Labute approximate surface area is 164 Å². The van der Waals surface area contributed by atoms with Crippen molar-refractivity contribution < 1.29 is 19.8 Å². The minimum atomic E-state index is -0.516. The van der Waals surface area contributed by atoms with Crippen molar-refractivity contribution in [2.75, 3.05) is 0 Å². The maximum absolute atomic E-state index is 12.4. The van der Waals surface area contributed by atoms with Crippen LogP contribution in [0.25, 0.3) is 5.69 Å². The fourth-order valence-electron chi connectivity index (χ4n) is 3.16. The van der Waals surface area contributed by atoms with Crippen LogP contribution in [0.1, 0.15) is 28.3 Å². The molecule has 10 heteroatoms. The lowest BCUT2D eigenvalue weighted by Gasteiger charge is -2.04. The molecule has 0 bridgehead atoms. The summed E-state index contributed by atoms with van der Waals surface area (Å²) in [5, 5.41) is 37.7. The SMILES string of the molecule is Cc1noc(C)c1Cn1cc(-n2c(O)c(Cc3ccc(O)c(O)c3)[nH]c2=O)cn1. The van der Waals surface area contributed by atoms with Gasteiger partial charge in [-0.3, -0.25) is 4.68 Å². The van der Waals surface area contributed by atoms with Gasteiger partial charge in [-0.1, -0.05) is 11.2 Å². The van der Waals surface area contributed by atoms with E-state index in [1.165, 1.54) is 18.3 Å². The predicted octanol–water partition coefficient (Wildman–Crippen LogP) is 1.72. The Bertz CT molecular complexity index is 1230. The molecule has 3 aromatic heterocycles. The van der Waals surface area contributed by atoms with E-state index in [9.17, 15) is 20.1 Å². The van der Waals surface area contributed by atoms with Gasteiger partial charge in [0.1, 0.15) is 5.76 Å². The van der Waals surface area contributed by atoms with Crippen molar-refractivity contribution in [1.82, 2.24) is 24.5 Å². The first-order valence-corrected chi connectivity index (χ1v) is 8.81. The molecule has 0 amide bonds. The molecule has 0 unspecified atom stereocenters. The molecule has 0 aliphatic rings. The number of phenolic OH excluding ortho intramolecular Hbond substituents is 2. The van der Waals surface area contributed by atoms with E-state index in [-0.39, 0.29) is 29.5 Å². The van der Waals surface area contributed by atoms with Crippen molar-refractivity contribution in [1.29, 1.82) is 0 Å². The highest BCUT2D eigenvalue weighted by Gasteiger charge is 2.18. The van der Waals surface area contributed by atoms with Crippen LogP contribution < -0.4 is 5.69 Å². The summed E-state index contributed by atoms with van der Waals surface area (Å²) in [7, 11) is 0. The minimum absolute atomic E-state index is 0.162. The molecule has 1 aromatic carbocycles. The molecule has 0 saturated carbocycles. The van der Waals surface area contributed by atoms with E-state index in [0.29, 0.717) is 23.6 Å². The Kier molecular flexibility index (Phi) is 4.38. The molecule has 0 aliphatic carbocycles. The first-order chi connectivity index (χ1) is 13.8. The standard InChI is InChI=1S/C19H19N5O5/c1-10-14(11(2)29-22-10)9-23-8-13(7-20-23)24-18(27)15(21-19(24)28)5-12-3-4-16(25)17(26)6-12/h3-4,6-8,25-27H,5,9H2,1-2H3,(H,21,28). The molecule has 4 N–H and O–H groups in total. The topological polar surface area (TPSA) is 142 Å². The van der Waals surface area contributed by atoms with Gasteiger partial charge in [0.05, 0.1) is 29.8 Å². The molecule has 4 rings (SSSR count). The zero-order valence-corrected chi connectivity index (χ0v) is 15.7. The number of nitrogens with zero attached hydrogens (tertiary/aromatic N) is 4. The quantitative estimate of drug-likeness (QED) is 0.376. The van der Waals surface area contributed by atoms with Crippen molar-refractivity contribution in [2.24, 2.45) is 0 Å². The second-order valence-electron chi connectivity index (χ2n) is 6.77. The van der Waals surface area contributed by atoms with Crippen molar-refractivity contribution in [3.63, 3.8) is 0 Å². The van der Waals surface area contributed by atoms with Gasteiger partial charge in [-0.05, 0) is 31.5 Å². The highest BCUT2D eigenvalue weighted by atomic mass is 16.5. The van der Waals surface area contributed by atoms with Gasteiger partial charge in [0.15, 0.2) is 11.5 Å². The number of phenols is 2. The zero-order valence-electron chi connectivity index (χ0n) is 15.7. The largest absolute Gasteiger partial charge is 0.504 e. The summed E-state index contributed by atoms with van der Waals surface area (Å²) in [6, 6.07) is 4.30. The minimum Gasteiger partial charge on any atom is -0.504 e. The monoisotopic (exact) mass is 397 g/mol. The van der Waals surface area contributed by atoms with Gasteiger partial charge in [0, 0.05) is 18.2 Å². The summed E-state index contributed by atoms with van der Waals surface area (Å²) in [6.45, 7) is 4.07. The van der Waals surface area contributed by atoms with Crippen LogP contribution in [-0.2, 0) is 13.0 Å². The van der Waals surface area contributed by atoms with Crippen LogP contribution in [0.4, 0.5) is 0 Å². The van der Waals surface area contributed by atoms with E-state index >= 15 is 0 Å². The van der Waals surface area contributed by atoms with Gasteiger partial charge in [-0.25, -0.2) is 9.36 Å². The van der Waals surface area contributed by atoms with Crippen LogP contribution in [0.15, 0.2) is 39.9 Å². The molecule has 0 radical (unpaired) electrons. The normalized spacial score (nSPS) is 11.2. The molecular formula is C19H19N5O5. The number of hydrogen-bond acceptors (Lipinski definition) is 7. The molecule has 0 atom stereocenters. The number of H-pyrrole nitrogens is 1. The number of rotatable bonds is 5. The van der Waals surface area contributed by atoms with Crippen molar-refractivity contribution in [3.8, 4) is 23.1 Å². The summed E-state index contributed by atoms with van der Waals surface area (Å²) < 4.78 is 7.89. The molecule has 4 aromatic rings. The molecule has 29 heavy (non-hydrogen) atoms. The Balaban J connectivity index is 1.62. The Morgan fingerprint density at radius 2 is 1.97 bits per heavy atom. The lowest BCUT2D eigenvalue weighted by Crippen LogP contribution is -2.14.